The van der Waals surface area contributed by atoms with Crippen LogP contribution < -0.4 is 5.56 Å². The molecule has 2 aliphatic rings. The largest absolute Gasteiger partial charge is 0.368 e. The van der Waals surface area contributed by atoms with E-state index in [1.165, 1.54) is 0 Å². The van der Waals surface area contributed by atoms with Gasteiger partial charge in [-0.3, -0.25) is 14.5 Å². The Morgan fingerprint density at radius 1 is 1.27 bits per heavy atom. The van der Waals surface area contributed by atoms with E-state index in [9.17, 15) is 9.59 Å². The molecule has 26 heavy (non-hydrogen) atoms. The number of aryl methyl sites for hydroxylation is 1. The molecule has 1 N–H and O–H groups in total. The van der Waals surface area contributed by atoms with Crippen molar-refractivity contribution in [3.05, 3.63) is 45.7 Å². The van der Waals surface area contributed by atoms with Gasteiger partial charge in [-0.25, -0.2) is 0 Å². The van der Waals surface area contributed by atoms with Crippen molar-refractivity contribution < 1.29 is 9.53 Å². The first-order valence-electron chi connectivity index (χ1n) is 9.36. The lowest BCUT2D eigenvalue weighted by Gasteiger charge is -2.35. The fourth-order valence-corrected chi connectivity index (χ4v) is 3.89. The second kappa shape index (κ2) is 7.21. The first-order chi connectivity index (χ1) is 12.6. The first-order valence-corrected chi connectivity index (χ1v) is 9.36. The van der Waals surface area contributed by atoms with Crippen LogP contribution in [0.25, 0.3) is 10.9 Å². The summed E-state index contributed by atoms with van der Waals surface area (Å²) in [5.41, 5.74) is 2.74. The number of aromatic nitrogens is 1. The molecular formula is C20H25N3O3. The number of nitrogens with one attached hydrogen (secondary N) is 1. The molecule has 0 radical (unpaired) electrons. The maximum absolute atomic E-state index is 12.4. The molecule has 2 aromatic rings. The van der Waals surface area contributed by atoms with Gasteiger partial charge in [0.05, 0.1) is 5.52 Å². The van der Waals surface area contributed by atoms with Gasteiger partial charge in [-0.05, 0) is 36.8 Å². The van der Waals surface area contributed by atoms with Gasteiger partial charge < -0.3 is 14.6 Å². The maximum atomic E-state index is 12.4. The van der Waals surface area contributed by atoms with Crippen LogP contribution in [-0.4, -0.2) is 59.6 Å². The minimum Gasteiger partial charge on any atom is -0.368 e. The van der Waals surface area contributed by atoms with Crippen LogP contribution >= 0.6 is 0 Å². The molecule has 3 heterocycles. The van der Waals surface area contributed by atoms with Gasteiger partial charge in [0.1, 0.15) is 6.10 Å². The van der Waals surface area contributed by atoms with Crippen molar-refractivity contribution in [1.29, 1.82) is 0 Å². The number of ether oxygens (including phenoxy) is 1. The molecule has 2 fully saturated rings. The summed E-state index contributed by atoms with van der Waals surface area (Å²) in [6.45, 7) is 6.27. The number of pyridine rings is 1. The number of nitrogens with zero attached hydrogens (tertiary/aromatic N) is 2. The molecule has 6 nitrogen and oxygen atoms in total. The molecule has 0 spiro atoms. The molecule has 0 aliphatic carbocycles. The van der Waals surface area contributed by atoms with Gasteiger partial charge in [0.15, 0.2) is 0 Å². The molecule has 1 unspecified atom stereocenters. The van der Waals surface area contributed by atoms with Gasteiger partial charge in [-0.15, -0.1) is 0 Å². The number of rotatable bonds is 3. The van der Waals surface area contributed by atoms with Crippen molar-refractivity contribution in [2.75, 3.05) is 32.8 Å². The van der Waals surface area contributed by atoms with E-state index in [2.05, 4.69) is 9.88 Å². The third-order valence-electron chi connectivity index (χ3n) is 5.45. The number of hydrogen-bond donors (Lipinski definition) is 1. The lowest BCUT2D eigenvalue weighted by atomic mass is 10.1. The van der Waals surface area contributed by atoms with E-state index in [4.69, 9.17) is 4.74 Å². The number of para-hydroxylation sites is 1. The number of H-pyrrole nitrogens is 1. The fourth-order valence-electron chi connectivity index (χ4n) is 3.89. The van der Waals surface area contributed by atoms with Crippen LogP contribution in [-0.2, 0) is 16.1 Å². The smallest absolute Gasteiger partial charge is 0.252 e. The Kier molecular flexibility index (Phi) is 4.78. The number of amides is 1. The molecule has 1 amide bonds. The van der Waals surface area contributed by atoms with E-state index in [1.807, 2.05) is 36.1 Å². The van der Waals surface area contributed by atoms with Gasteiger partial charge in [-0.1, -0.05) is 18.2 Å². The highest BCUT2D eigenvalue weighted by Crippen LogP contribution is 2.18. The van der Waals surface area contributed by atoms with Gasteiger partial charge in [0, 0.05) is 44.9 Å². The van der Waals surface area contributed by atoms with Crippen molar-refractivity contribution in [1.82, 2.24) is 14.8 Å². The third kappa shape index (κ3) is 3.39. The summed E-state index contributed by atoms with van der Waals surface area (Å²) in [5, 5.41) is 1.06. The summed E-state index contributed by atoms with van der Waals surface area (Å²) >= 11 is 0. The molecule has 2 aliphatic heterocycles. The first kappa shape index (κ1) is 17.2. The van der Waals surface area contributed by atoms with Crippen LogP contribution in [0.3, 0.4) is 0 Å². The van der Waals surface area contributed by atoms with E-state index in [0.717, 1.165) is 48.0 Å². The molecule has 1 atom stereocenters. The quantitative estimate of drug-likeness (QED) is 0.909. The minimum atomic E-state index is -0.242. The summed E-state index contributed by atoms with van der Waals surface area (Å²) in [4.78, 5) is 32.0. The zero-order valence-electron chi connectivity index (χ0n) is 15.2. The minimum absolute atomic E-state index is 0.0235. The Bertz CT molecular complexity index is 862. The zero-order valence-corrected chi connectivity index (χ0v) is 15.2. The van der Waals surface area contributed by atoms with Crippen LogP contribution in [0.5, 0.6) is 0 Å². The van der Waals surface area contributed by atoms with E-state index in [-0.39, 0.29) is 17.6 Å². The van der Waals surface area contributed by atoms with E-state index in [0.29, 0.717) is 26.2 Å². The summed E-state index contributed by atoms with van der Waals surface area (Å²) in [6, 6.07) is 8.03. The van der Waals surface area contributed by atoms with Gasteiger partial charge >= 0.3 is 0 Å². The van der Waals surface area contributed by atoms with Crippen molar-refractivity contribution in [2.24, 2.45) is 0 Å². The Hall–Kier alpha value is -2.18. The van der Waals surface area contributed by atoms with Crippen LogP contribution in [0.4, 0.5) is 0 Å². The monoisotopic (exact) mass is 355 g/mol. The van der Waals surface area contributed by atoms with Crippen LogP contribution in [0.15, 0.2) is 29.1 Å². The number of piperazine rings is 1. The molecule has 0 saturated carbocycles. The molecule has 1 aromatic heterocycles. The number of carbonyl (C=O) groups is 1. The number of hydrogen-bond acceptors (Lipinski definition) is 4. The van der Waals surface area contributed by atoms with E-state index in [1.54, 1.807) is 0 Å². The van der Waals surface area contributed by atoms with Gasteiger partial charge in [0.25, 0.3) is 11.5 Å². The lowest BCUT2D eigenvalue weighted by molar-refractivity contribution is -0.142. The molecule has 4 rings (SSSR count). The number of benzene rings is 1. The van der Waals surface area contributed by atoms with Gasteiger partial charge in [-0.2, -0.15) is 0 Å². The maximum Gasteiger partial charge on any atom is 0.252 e. The van der Waals surface area contributed by atoms with Crippen LogP contribution in [0, 0.1) is 6.92 Å². The molecule has 138 valence electrons. The second-order valence-electron chi connectivity index (χ2n) is 7.27. The highest BCUT2D eigenvalue weighted by molar-refractivity contribution is 5.82. The Labute approximate surface area is 152 Å². The van der Waals surface area contributed by atoms with Crippen molar-refractivity contribution >= 4 is 16.8 Å². The molecule has 2 saturated heterocycles. The summed E-state index contributed by atoms with van der Waals surface area (Å²) in [6.07, 6.45) is 1.57. The summed E-state index contributed by atoms with van der Waals surface area (Å²) < 4.78 is 5.51. The highest BCUT2D eigenvalue weighted by Gasteiger charge is 2.30. The molecule has 1 aromatic carbocycles. The Morgan fingerprint density at radius 3 is 2.81 bits per heavy atom. The number of carbonyl (C=O) groups excluding carboxylic acids is 1. The second-order valence-corrected chi connectivity index (χ2v) is 7.27. The fraction of sp³-hybridized carbons (Fsp3) is 0.500. The topological polar surface area (TPSA) is 65.6 Å². The SMILES string of the molecule is Cc1cccc2cc(CN3CCN(C(=O)C4CCCO4)CC3)c(=O)[nH]c12. The van der Waals surface area contributed by atoms with E-state index >= 15 is 0 Å². The van der Waals surface area contributed by atoms with Crippen molar-refractivity contribution in [3.63, 3.8) is 0 Å². The van der Waals surface area contributed by atoms with Gasteiger partial charge in [0.2, 0.25) is 0 Å². The molecule has 6 heteroatoms. The Balaban J connectivity index is 1.41. The predicted molar refractivity (Wildman–Crippen MR) is 100 cm³/mol. The normalized spacial score (nSPS) is 21.4. The lowest BCUT2D eigenvalue weighted by Crippen LogP contribution is -2.51. The van der Waals surface area contributed by atoms with Crippen molar-refractivity contribution in [2.45, 2.75) is 32.4 Å². The van der Waals surface area contributed by atoms with Crippen LogP contribution in [0.1, 0.15) is 24.0 Å². The van der Waals surface area contributed by atoms with Crippen LogP contribution in [0.2, 0.25) is 0 Å². The zero-order chi connectivity index (χ0) is 18.1. The number of aromatic amines is 1. The standard InChI is InChI=1S/C20H25N3O3/c1-14-4-2-5-15-12-16(19(24)21-18(14)15)13-22-7-9-23(10-8-22)20(25)17-6-3-11-26-17/h2,4-5,12,17H,3,6-11,13H2,1H3,(H,21,24). The number of fused-ring (bicyclic) bond motifs is 1. The summed E-state index contributed by atoms with van der Waals surface area (Å²) in [5.74, 6) is 0.126. The summed E-state index contributed by atoms with van der Waals surface area (Å²) in [7, 11) is 0. The Morgan fingerprint density at radius 2 is 2.08 bits per heavy atom. The molecular weight excluding hydrogens is 330 g/mol. The predicted octanol–water partition coefficient (Wildman–Crippen LogP) is 1.66. The molecule has 0 bridgehead atoms. The van der Waals surface area contributed by atoms with E-state index < -0.39 is 0 Å². The average molecular weight is 355 g/mol. The average Bonchev–Trinajstić information content (AvgIpc) is 3.18. The van der Waals surface area contributed by atoms with Crippen molar-refractivity contribution in [3.8, 4) is 0 Å². The third-order valence-corrected chi connectivity index (χ3v) is 5.45. The highest BCUT2D eigenvalue weighted by atomic mass is 16.5.